The van der Waals surface area contributed by atoms with Gasteiger partial charge >= 0.3 is 5.97 Å². The predicted octanol–water partition coefficient (Wildman–Crippen LogP) is 4.20. The number of hydrogen-bond donors (Lipinski definition) is 1. The van der Waals surface area contributed by atoms with Crippen molar-refractivity contribution in [2.75, 3.05) is 25.2 Å². The van der Waals surface area contributed by atoms with Gasteiger partial charge in [-0.2, -0.15) is 0 Å². The number of ether oxygens (including phenoxy) is 2. The minimum Gasteiger partial charge on any atom is -0.460 e. The molecule has 1 N–H and O–H groups in total. The van der Waals surface area contributed by atoms with E-state index in [1.807, 2.05) is 48.2 Å². The van der Waals surface area contributed by atoms with Crippen LogP contribution in [0.3, 0.4) is 0 Å². The fourth-order valence-corrected chi connectivity index (χ4v) is 3.73. The summed E-state index contributed by atoms with van der Waals surface area (Å²) in [5.74, 6) is -0.378. The maximum Gasteiger partial charge on any atom is 0.338 e. The van der Waals surface area contributed by atoms with Crippen molar-refractivity contribution >= 4 is 29.0 Å². The average Bonchev–Trinajstić information content (AvgIpc) is 2.71. The van der Waals surface area contributed by atoms with Crippen LogP contribution in [0.4, 0.5) is 5.69 Å². The number of esters is 1. The Morgan fingerprint density at radius 1 is 1.07 bits per heavy atom. The summed E-state index contributed by atoms with van der Waals surface area (Å²) >= 11 is 5.69. The maximum absolute atomic E-state index is 13.0. The summed E-state index contributed by atoms with van der Waals surface area (Å²) < 4.78 is 10.5. The number of methoxy groups -OCH3 is 1. The van der Waals surface area contributed by atoms with Crippen LogP contribution in [-0.4, -0.2) is 31.4 Å². The van der Waals surface area contributed by atoms with Gasteiger partial charge in [-0.05, 0) is 61.8 Å². The van der Waals surface area contributed by atoms with E-state index in [2.05, 4.69) is 31.3 Å². The topological polar surface area (TPSA) is 50.8 Å². The summed E-state index contributed by atoms with van der Waals surface area (Å²) in [6, 6.07) is 15.5. The summed E-state index contributed by atoms with van der Waals surface area (Å²) in [6.45, 7) is 6.58. The molecule has 152 valence electrons. The third-order valence-corrected chi connectivity index (χ3v) is 5.41. The van der Waals surface area contributed by atoms with Gasteiger partial charge in [0.15, 0.2) is 5.11 Å². The first-order valence-corrected chi connectivity index (χ1v) is 9.94. The lowest BCUT2D eigenvalue weighted by Gasteiger charge is -2.37. The molecule has 1 aliphatic rings. The van der Waals surface area contributed by atoms with Gasteiger partial charge in [0, 0.05) is 18.5 Å². The minimum atomic E-state index is -0.378. The standard InChI is InChI=1S/C23H26N2O3S/c1-15-10-11-19(14-16(15)2)25-17(3)20(22(26)28-13-12-27-4)21(24-23(25)29)18-8-6-5-7-9-18/h5-11,14,21H,12-13H2,1-4H3,(H,24,29)/t21-/m1/s1. The van der Waals surface area contributed by atoms with E-state index in [1.165, 1.54) is 5.56 Å². The van der Waals surface area contributed by atoms with E-state index >= 15 is 0 Å². The van der Waals surface area contributed by atoms with Crippen LogP contribution in [0.5, 0.6) is 0 Å². The Kier molecular flexibility index (Phi) is 6.67. The molecule has 0 aromatic heterocycles. The summed E-state index contributed by atoms with van der Waals surface area (Å²) in [7, 11) is 1.58. The summed E-state index contributed by atoms with van der Waals surface area (Å²) in [6.07, 6.45) is 0. The second-order valence-corrected chi connectivity index (χ2v) is 7.41. The molecule has 0 radical (unpaired) electrons. The van der Waals surface area contributed by atoms with Gasteiger partial charge in [0.05, 0.1) is 18.2 Å². The second kappa shape index (κ2) is 9.20. The van der Waals surface area contributed by atoms with Gasteiger partial charge in [0.1, 0.15) is 6.61 Å². The number of anilines is 1. The third-order valence-electron chi connectivity index (χ3n) is 5.11. The van der Waals surface area contributed by atoms with Crippen molar-refractivity contribution in [3.8, 4) is 0 Å². The van der Waals surface area contributed by atoms with E-state index in [4.69, 9.17) is 21.7 Å². The smallest absolute Gasteiger partial charge is 0.338 e. The van der Waals surface area contributed by atoms with Gasteiger partial charge in [-0.25, -0.2) is 4.79 Å². The number of rotatable bonds is 6. The van der Waals surface area contributed by atoms with Crippen LogP contribution in [0.1, 0.15) is 29.7 Å². The Hall–Kier alpha value is -2.70. The van der Waals surface area contributed by atoms with Crippen molar-refractivity contribution in [1.29, 1.82) is 0 Å². The first-order chi connectivity index (χ1) is 13.9. The van der Waals surface area contributed by atoms with E-state index in [1.54, 1.807) is 7.11 Å². The molecule has 2 aromatic rings. The highest BCUT2D eigenvalue weighted by atomic mass is 32.1. The van der Waals surface area contributed by atoms with Gasteiger partial charge in [-0.15, -0.1) is 0 Å². The number of aryl methyl sites for hydroxylation is 2. The number of hydrogen-bond acceptors (Lipinski definition) is 4. The van der Waals surface area contributed by atoms with E-state index < -0.39 is 0 Å². The highest BCUT2D eigenvalue weighted by Gasteiger charge is 2.35. The van der Waals surface area contributed by atoms with E-state index in [0.29, 0.717) is 17.3 Å². The minimum absolute atomic E-state index is 0.196. The Labute approximate surface area is 177 Å². The quantitative estimate of drug-likeness (QED) is 0.438. The molecular formula is C23H26N2O3S. The Morgan fingerprint density at radius 2 is 1.79 bits per heavy atom. The lowest BCUT2D eigenvalue weighted by atomic mass is 9.94. The molecule has 0 fully saturated rings. The molecule has 1 heterocycles. The first kappa shape index (κ1) is 21.0. The van der Waals surface area contributed by atoms with Gasteiger partial charge < -0.3 is 14.8 Å². The Morgan fingerprint density at radius 3 is 2.45 bits per heavy atom. The lowest BCUT2D eigenvalue weighted by molar-refractivity contribution is -0.140. The van der Waals surface area contributed by atoms with Crippen LogP contribution in [0.2, 0.25) is 0 Å². The van der Waals surface area contributed by atoms with Crippen molar-refractivity contribution in [3.63, 3.8) is 0 Å². The van der Waals surface area contributed by atoms with Crippen LogP contribution < -0.4 is 10.2 Å². The summed E-state index contributed by atoms with van der Waals surface area (Å²) in [5, 5.41) is 3.88. The number of thiocarbonyl (C=S) groups is 1. The van der Waals surface area contributed by atoms with E-state index in [0.717, 1.165) is 22.5 Å². The summed E-state index contributed by atoms with van der Waals surface area (Å²) in [4.78, 5) is 14.9. The Bertz CT molecular complexity index is 940. The van der Waals surface area contributed by atoms with Crippen LogP contribution in [0, 0.1) is 13.8 Å². The van der Waals surface area contributed by atoms with Crippen molar-refractivity contribution in [2.45, 2.75) is 26.8 Å². The maximum atomic E-state index is 13.0. The number of carbonyl (C=O) groups excluding carboxylic acids is 1. The molecule has 1 atom stereocenters. The first-order valence-electron chi connectivity index (χ1n) is 9.53. The van der Waals surface area contributed by atoms with E-state index in [-0.39, 0.29) is 18.6 Å². The molecule has 2 aromatic carbocycles. The Balaban J connectivity index is 2.07. The molecule has 0 saturated carbocycles. The average molecular weight is 411 g/mol. The molecule has 1 aliphatic heterocycles. The van der Waals surface area contributed by atoms with Crippen LogP contribution in [-0.2, 0) is 14.3 Å². The molecular weight excluding hydrogens is 384 g/mol. The monoisotopic (exact) mass is 410 g/mol. The zero-order valence-electron chi connectivity index (χ0n) is 17.2. The largest absolute Gasteiger partial charge is 0.460 e. The zero-order valence-corrected chi connectivity index (χ0v) is 18.0. The fraction of sp³-hybridized carbons (Fsp3) is 0.304. The predicted molar refractivity (Wildman–Crippen MR) is 119 cm³/mol. The van der Waals surface area contributed by atoms with Gasteiger partial charge in [-0.3, -0.25) is 4.90 Å². The van der Waals surface area contributed by atoms with Crippen LogP contribution >= 0.6 is 12.2 Å². The molecule has 0 aliphatic carbocycles. The molecule has 0 bridgehead atoms. The number of benzene rings is 2. The van der Waals surface area contributed by atoms with Gasteiger partial charge in [-0.1, -0.05) is 36.4 Å². The highest BCUT2D eigenvalue weighted by molar-refractivity contribution is 7.80. The molecule has 6 heteroatoms. The molecule has 0 saturated heterocycles. The van der Waals surface area contributed by atoms with Crippen LogP contribution in [0.15, 0.2) is 59.8 Å². The second-order valence-electron chi connectivity index (χ2n) is 7.02. The zero-order chi connectivity index (χ0) is 21.0. The highest BCUT2D eigenvalue weighted by Crippen LogP contribution is 2.34. The number of nitrogens with zero attached hydrogens (tertiary/aromatic N) is 1. The normalized spacial score (nSPS) is 16.6. The van der Waals surface area contributed by atoms with Gasteiger partial charge in [0.25, 0.3) is 0 Å². The van der Waals surface area contributed by atoms with Crippen molar-refractivity contribution < 1.29 is 14.3 Å². The van der Waals surface area contributed by atoms with Crippen molar-refractivity contribution in [1.82, 2.24) is 5.32 Å². The summed E-state index contributed by atoms with van der Waals surface area (Å²) in [5.41, 5.74) is 5.52. The van der Waals surface area contributed by atoms with Crippen LogP contribution in [0.25, 0.3) is 0 Å². The molecule has 3 rings (SSSR count). The van der Waals surface area contributed by atoms with Gasteiger partial charge in [0.2, 0.25) is 0 Å². The fourth-order valence-electron chi connectivity index (χ4n) is 3.37. The number of allylic oxidation sites excluding steroid dienone is 1. The number of carbonyl (C=O) groups is 1. The third kappa shape index (κ3) is 4.49. The molecule has 5 nitrogen and oxygen atoms in total. The van der Waals surface area contributed by atoms with E-state index in [9.17, 15) is 4.79 Å². The molecule has 0 unspecified atom stereocenters. The molecule has 0 amide bonds. The van der Waals surface area contributed by atoms with Crippen molar-refractivity contribution in [2.24, 2.45) is 0 Å². The molecule has 29 heavy (non-hydrogen) atoms. The lowest BCUT2D eigenvalue weighted by Crippen LogP contribution is -2.48. The molecule has 0 spiro atoms. The number of nitrogens with one attached hydrogen (secondary N) is 1. The van der Waals surface area contributed by atoms with Crippen molar-refractivity contribution in [3.05, 3.63) is 76.5 Å². The SMILES string of the molecule is COCCOC(=O)C1=C(C)N(c2ccc(C)c(C)c2)C(=S)N[C@@H]1c1ccccc1.